The summed E-state index contributed by atoms with van der Waals surface area (Å²) in [4.78, 5) is 44.3. The number of carbonyl (C=O) groups excluding carboxylic acids is 1. The average Bonchev–Trinajstić information content (AvgIpc) is 3.39. The maximum absolute atomic E-state index is 15.3. The molecule has 1 aliphatic rings. The third-order valence-electron chi connectivity index (χ3n) is 7.54. The highest BCUT2D eigenvalue weighted by atomic mass is 19.1. The van der Waals surface area contributed by atoms with E-state index in [-0.39, 0.29) is 40.5 Å². The first-order chi connectivity index (χ1) is 21.7. The zero-order valence-corrected chi connectivity index (χ0v) is 24.3. The van der Waals surface area contributed by atoms with Crippen molar-refractivity contribution in [3.63, 3.8) is 0 Å². The number of halogens is 2. The zero-order valence-electron chi connectivity index (χ0n) is 24.3. The summed E-state index contributed by atoms with van der Waals surface area (Å²) < 4.78 is 42.1. The molecule has 0 radical (unpaired) electrons. The van der Waals surface area contributed by atoms with Crippen LogP contribution in [0.5, 0.6) is 11.5 Å². The van der Waals surface area contributed by atoms with Gasteiger partial charge < -0.3 is 20.1 Å². The van der Waals surface area contributed by atoms with E-state index in [4.69, 9.17) is 9.47 Å². The second kappa shape index (κ2) is 12.3. The lowest BCUT2D eigenvalue weighted by Gasteiger charge is -2.28. The van der Waals surface area contributed by atoms with Gasteiger partial charge in [0.15, 0.2) is 23.0 Å². The third kappa shape index (κ3) is 5.91. The molecule has 12 nitrogen and oxygen atoms in total. The number of rotatable bonds is 10. The largest absolute Gasteiger partial charge is 0.453 e. The van der Waals surface area contributed by atoms with Crippen LogP contribution in [0.4, 0.5) is 20.3 Å². The Bertz CT molecular complexity index is 2000. The molecule has 3 N–H and O–H groups in total. The topological polar surface area (TPSA) is 145 Å². The predicted octanol–water partition coefficient (Wildman–Crippen LogP) is 4.77. The highest BCUT2D eigenvalue weighted by Crippen LogP contribution is 2.35. The molecule has 3 heterocycles. The van der Waals surface area contributed by atoms with Crippen LogP contribution in [0.2, 0.25) is 0 Å². The van der Waals surface area contributed by atoms with E-state index < -0.39 is 28.8 Å². The number of methoxy groups -OCH3 is 1. The van der Waals surface area contributed by atoms with E-state index in [0.717, 1.165) is 29.2 Å². The summed E-state index contributed by atoms with van der Waals surface area (Å²) in [6, 6.07) is 9.95. The van der Waals surface area contributed by atoms with E-state index in [2.05, 4.69) is 25.8 Å². The minimum absolute atomic E-state index is 0.0536. The van der Waals surface area contributed by atoms with Gasteiger partial charge in [-0.25, -0.2) is 23.1 Å². The number of hydrogen-bond acceptors (Lipinski definition) is 8. The Morgan fingerprint density at radius 1 is 1.11 bits per heavy atom. The van der Waals surface area contributed by atoms with Crippen LogP contribution in [0.25, 0.3) is 16.7 Å². The molecule has 0 aliphatic heterocycles. The molecule has 1 aliphatic carbocycles. The summed E-state index contributed by atoms with van der Waals surface area (Å²) in [6.45, 7) is 2.34. The number of nitrogens with one attached hydrogen (secondary N) is 3. The van der Waals surface area contributed by atoms with Gasteiger partial charge in [0.25, 0.3) is 11.5 Å². The number of ether oxygens (including phenoxy) is 2. The zero-order chi connectivity index (χ0) is 31.7. The molecular formula is C31H29F2N7O5. The lowest BCUT2D eigenvalue weighted by molar-refractivity contribution is 0.102. The molecule has 5 aromatic rings. The van der Waals surface area contributed by atoms with Gasteiger partial charge in [0.1, 0.15) is 22.5 Å². The lowest BCUT2D eigenvalue weighted by Crippen LogP contribution is -2.44. The number of amides is 1. The Morgan fingerprint density at radius 2 is 1.89 bits per heavy atom. The third-order valence-corrected chi connectivity index (χ3v) is 7.54. The second-order valence-electron chi connectivity index (χ2n) is 10.7. The van der Waals surface area contributed by atoms with Crippen LogP contribution in [0.15, 0.2) is 70.5 Å². The Balaban J connectivity index is 1.27. The Morgan fingerprint density at radius 3 is 2.58 bits per heavy atom. The Kier molecular flexibility index (Phi) is 8.13. The van der Waals surface area contributed by atoms with E-state index in [1.165, 1.54) is 41.2 Å². The molecule has 1 saturated carbocycles. The molecule has 1 amide bonds. The van der Waals surface area contributed by atoms with Gasteiger partial charge in [0, 0.05) is 49.4 Å². The standard InChI is InChI=1S/C31H29F2N7O5/c1-17(16-44-2)35-28-26-25(12-13-34-27(26)37-38-28)45-24-11-8-19(14-23(24)33)36-29(41)22-15-39(20-4-3-5-20)31(43)40(30(22)42)21-9-6-18(32)7-10-21/h6-15,17,20H,3-5,16H2,1-2H3,(H,36,41)(H2,34,35,37,38)/t17-/m1/s1. The molecule has 1 atom stereocenters. The number of pyridine rings is 1. The highest BCUT2D eigenvalue weighted by molar-refractivity contribution is 6.04. The fourth-order valence-electron chi connectivity index (χ4n) is 5.09. The molecule has 6 rings (SSSR count). The number of fused-ring (bicyclic) bond motifs is 1. The van der Waals surface area contributed by atoms with Crippen LogP contribution < -0.4 is 26.6 Å². The molecular weight excluding hydrogens is 588 g/mol. The Hall–Kier alpha value is -5.37. The summed E-state index contributed by atoms with van der Waals surface area (Å²) in [5.41, 5.74) is -1.23. The van der Waals surface area contributed by atoms with Crippen LogP contribution in [-0.2, 0) is 4.74 Å². The van der Waals surface area contributed by atoms with Gasteiger partial charge in [-0.1, -0.05) is 0 Å². The molecule has 3 aromatic heterocycles. The first-order valence-corrected chi connectivity index (χ1v) is 14.2. The van der Waals surface area contributed by atoms with Crippen molar-refractivity contribution in [2.75, 3.05) is 24.4 Å². The number of benzene rings is 2. The number of hydrogen-bond donors (Lipinski definition) is 3. The van der Waals surface area contributed by atoms with Gasteiger partial charge in [0.2, 0.25) is 0 Å². The SMILES string of the molecule is COC[C@@H](C)Nc1n[nH]c2nccc(Oc3ccc(NC(=O)c4cn(C5CCC5)c(=O)n(-c5ccc(F)cc5)c4=O)cc3F)c12. The smallest absolute Gasteiger partial charge is 0.335 e. The van der Waals surface area contributed by atoms with E-state index in [0.29, 0.717) is 36.3 Å². The number of aromatic amines is 1. The van der Waals surface area contributed by atoms with Crippen LogP contribution in [0, 0.1) is 11.6 Å². The molecule has 1 fully saturated rings. The van der Waals surface area contributed by atoms with Gasteiger partial charge in [-0.05, 0) is 62.6 Å². The van der Waals surface area contributed by atoms with Gasteiger partial charge in [-0.3, -0.25) is 19.3 Å². The minimum Gasteiger partial charge on any atom is -0.453 e. The first-order valence-electron chi connectivity index (χ1n) is 14.2. The second-order valence-corrected chi connectivity index (χ2v) is 10.7. The number of nitrogens with zero attached hydrogens (tertiary/aromatic N) is 4. The maximum atomic E-state index is 15.3. The van der Waals surface area contributed by atoms with Crippen LogP contribution in [0.1, 0.15) is 42.6 Å². The quantitative estimate of drug-likeness (QED) is 0.203. The van der Waals surface area contributed by atoms with Gasteiger partial charge in [0.05, 0.1) is 12.3 Å². The fourth-order valence-corrected chi connectivity index (χ4v) is 5.09. The summed E-state index contributed by atoms with van der Waals surface area (Å²) >= 11 is 0. The number of carbonyl (C=O) groups is 1. The number of anilines is 2. The molecule has 2 aromatic carbocycles. The fraction of sp³-hybridized carbons (Fsp3) is 0.258. The molecule has 0 bridgehead atoms. The van der Waals surface area contributed by atoms with Crippen molar-refractivity contribution in [2.45, 2.75) is 38.3 Å². The summed E-state index contributed by atoms with van der Waals surface area (Å²) in [7, 11) is 1.59. The molecule has 0 spiro atoms. The van der Waals surface area contributed by atoms with E-state index in [1.54, 1.807) is 13.2 Å². The van der Waals surface area contributed by atoms with E-state index in [1.807, 2.05) is 6.92 Å². The van der Waals surface area contributed by atoms with Crippen molar-refractivity contribution in [3.05, 3.63) is 99.0 Å². The highest BCUT2D eigenvalue weighted by Gasteiger charge is 2.26. The van der Waals surface area contributed by atoms with Crippen molar-refractivity contribution < 1.29 is 23.0 Å². The predicted molar refractivity (Wildman–Crippen MR) is 162 cm³/mol. The molecule has 0 unspecified atom stereocenters. The maximum Gasteiger partial charge on any atom is 0.335 e. The average molecular weight is 618 g/mol. The van der Waals surface area contributed by atoms with Crippen molar-refractivity contribution >= 4 is 28.4 Å². The van der Waals surface area contributed by atoms with Crippen LogP contribution in [0.3, 0.4) is 0 Å². The molecule has 0 saturated heterocycles. The normalized spacial score (nSPS) is 13.8. The van der Waals surface area contributed by atoms with E-state index >= 15 is 4.39 Å². The van der Waals surface area contributed by atoms with Crippen molar-refractivity contribution in [1.82, 2.24) is 24.3 Å². The summed E-state index contributed by atoms with van der Waals surface area (Å²) in [5.74, 6) is -1.55. The van der Waals surface area contributed by atoms with Crippen molar-refractivity contribution in [3.8, 4) is 17.2 Å². The Labute approximate surface area is 254 Å². The van der Waals surface area contributed by atoms with Gasteiger partial charge in [-0.15, -0.1) is 0 Å². The minimum atomic E-state index is -0.883. The van der Waals surface area contributed by atoms with Crippen molar-refractivity contribution in [1.29, 1.82) is 0 Å². The monoisotopic (exact) mass is 617 g/mol. The van der Waals surface area contributed by atoms with Crippen LogP contribution in [-0.4, -0.2) is 50.0 Å². The van der Waals surface area contributed by atoms with Gasteiger partial charge in [-0.2, -0.15) is 5.10 Å². The molecule has 232 valence electrons. The summed E-state index contributed by atoms with van der Waals surface area (Å²) in [6.07, 6.45) is 5.05. The first kappa shape index (κ1) is 29.7. The summed E-state index contributed by atoms with van der Waals surface area (Å²) in [5, 5.41) is 13.3. The van der Waals surface area contributed by atoms with E-state index in [9.17, 15) is 18.8 Å². The molecule has 45 heavy (non-hydrogen) atoms. The van der Waals surface area contributed by atoms with Crippen LogP contribution >= 0.6 is 0 Å². The number of aromatic nitrogens is 5. The molecule has 14 heteroatoms. The van der Waals surface area contributed by atoms with Gasteiger partial charge >= 0.3 is 5.69 Å². The number of H-pyrrole nitrogens is 1. The van der Waals surface area contributed by atoms with Crippen molar-refractivity contribution in [2.24, 2.45) is 0 Å². The lowest BCUT2D eigenvalue weighted by atomic mass is 9.93.